The Kier molecular flexibility index (Phi) is 6.39. The Balaban J connectivity index is 1.56. The van der Waals surface area contributed by atoms with Crippen molar-refractivity contribution in [3.8, 4) is 11.1 Å². The van der Waals surface area contributed by atoms with E-state index in [0.717, 1.165) is 29.5 Å². The number of nitrogens with zero attached hydrogens (tertiary/aromatic N) is 5. The van der Waals surface area contributed by atoms with Crippen LogP contribution in [0.2, 0.25) is 0 Å². The van der Waals surface area contributed by atoms with Crippen LogP contribution in [0.5, 0.6) is 0 Å². The molecule has 0 bridgehead atoms. The number of pyridine rings is 1. The van der Waals surface area contributed by atoms with Gasteiger partial charge in [0.25, 0.3) is 5.91 Å². The van der Waals surface area contributed by atoms with E-state index in [9.17, 15) is 9.18 Å². The van der Waals surface area contributed by atoms with Gasteiger partial charge in [-0.3, -0.25) is 9.48 Å². The van der Waals surface area contributed by atoms with Crippen LogP contribution in [0.25, 0.3) is 16.8 Å². The van der Waals surface area contributed by atoms with Gasteiger partial charge in [0, 0.05) is 36.1 Å². The number of carbonyl (C=O) groups excluding carboxylic acids is 1. The van der Waals surface area contributed by atoms with Crippen molar-refractivity contribution >= 4 is 17.5 Å². The van der Waals surface area contributed by atoms with Crippen molar-refractivity contribution < 1.29 is 9.18 Å². The third-order valence-electron chi connectivity index (χ3n) is 5.65. The minimum atomic E-state index is -0.230. The molecule has 0 fully saturated rings. The molecule has 3 heterocycles. The summed E-state index contributed by atoms with van der Waals surface area (Å²) in [5.74, 6) is -0.0388. The van der Waals surface area contributed by atoms with Gasteiger partial charge in [-0.05, 0) is 49.4 Å². The summed E-state index contributed by atoms with van der Waals surface area (Å²) in [6.07, 6.45) is 7.14. The first-order valence-electron chi connectivity index (χ1n) is 11.1. The molecule has 0 spiro atoms. The predicted octanol–water partition coefficient (Wildman–Crippen LogP) is 3.72. The van der Waals surface area contributed by atoms with E-state index in [-0.39, 0.29) is 23.7 Å². The molecule has 4 aromatic rings. The van der Waals surface area contributed by atoms with E-state index in [1.807, 2.05) is 36.9 Å². The highest BCUT2D eigenvalue weighted by Crippen LogP contribution is 2.23. The van der Waals surface area contributed by atoms with E-state index in [2.05, 4.69) is 27.4 Å². The number of benzene rings is 1. The van der Waals surface area contributed by atoms with E-state index in [1.165, 1.54) is 16.6 Å². The number of halogens is 1. The van der Waals surface area contributed by atoms with Crippen molar-refractivity contribution in [3.63, 3.8) is 0 Å². The molecule has 1 aromatic carbocycles. The highest BCUT2D eigenvalue weighted by molar-refractivity contribution is 6.01. The molecule has 1 unspecified atom stereocenters. The molecule has 172 valence electrons. The molecule has 2 atom stereocenters. The number of hydrogen-bond acceptors (Lipinski definition) is 5. The molecule has 4 rings (SSSR count). The van der Waals surface area contributed by atoms with E-state index >= 15 is 0 Å². The first kappa shape index (κ1) is 22.4. The Hall–Kier alpha value is -3.75. The quantitative estimate of drug-likeness (QED) is 0.427. The average molecular weight is 450 g/mol. The number of anilines is 1. The van der Waals surface area contributed by atoms with Gasteiger partial charge in [0.15, 0.2) is 5.65 Å². The Bertz CT molecular complexity index is 1260. The normalized spacial score (nSPS) is 13.2. The Labute approximate surface area is 191 Å². The van der Waals surface area contributed by atoms with Crippen LogP contribution in [0.1, 0.15) is 43.1 Å². The standard InChI is InChI=1S/C24H28FN7O/c1-4-16(3)28-23(33)21-10-18(14-32-22(21)29-24(26)30-32)19-11-27-31(13-19)12-15(2)9-17-5-7-20(25)8-6-17/h5-8,10-11,13-16H,4,9,12H2,1-3H3,(H2,26,30)(H,28,33)/t15?,16-/m0/s1. The van der Waals surface area contributed by atoms with Gasteiger partial charge in [0.1, 0.15) is 5.82 Å². The molecule has 0 aliphatic heterocycles. The van der Waals surface area contributed by atoms with Gasteiger partial charge >= 0.3 is 0 Å². The zero-order valence-electron chi connectivity index (χ0n) is 19.0. The molecule has 0 saturated heterocycles. The van der Waals surface area contributed by atoms with Gasteiger partial charge in [-0.2, -0.15) is 10.1 Å². The summed E-state index contributed by atoms with van der Waals surface area (Å²) < 4.78 is 16.5. The van der Waals surface area contributed by atoms with Crippen molar-refractivity contribution in [2.75, 3.05) is 5.73 Å². The highest BCUT2D eigenvalue weighted by atomic mass is 19.1. The topological polar surface area (TPSA) is 103 Å². The predicted molar refractivity (Wildman–Crippen MR) is 125 cm³/mol. The summed E-state index contributed by atoms with van der Waals surface area (Å²) in [5, 5.41) is 11.7. The summed E-state index contributed by atoms with van der Waals surface area (Å²) in [4.78, 5) is 17.1. The van der Waals surface area contributed by atoms with Gasteiger partial charge in [-0.25, -0.2) is 8.91 Å². The molecule has 0 aliphatic carbocycles. The molecule has 0 saturated carbocycles. The summed E-state index contributed by atoms with van der Waals surface area (Å²) in [5.41, 5.74) is 9.36. The fraction of sp³-hybridized carbons (Fsp3) is 0.333. The van der Waals surface area contributed by atoms with Gasteiger partial charge in [-0.15, -0.1) is 5.10 Å². The number of nitrogen functional groups attached to an aromatic ring is 1. The zero-order chi connectivity index (χ0) is 23.5. The third kappa shape index (κ3) is 5.19. The first-order valence-corrected chi connectivity index (χ1v) is 11.1. The van der Waals surface area contributed by atoms with Crippen LogP contribution in [0.15, 0.2) is 48.9 Å². The average Bonchev–Trinajstić information content (AvgIpc) is 3.39. The minimum absolute atomic E-state index is 0.0341. The number of hydrogen-bond donors (Lipinski definition) is 2. The molecular formula is C24H28FN7O. The first-order chi connectivity index (χ1) is 15.8. The molecule has 9 heteroatoms. The maximum atomic E-state index is 13.1. The number of fused-ring (bicyclic) bond motifs is 1. The second-order valence-electron chi connectivity index (χ2n) is 8.55. The number of carbonyl (C=O) groups is 1. The van der Waals surface area contributed by atoms with Gasteiger partial charge in [-0.1, -0.05) is 26.0 Å². The molecule has 8 nitrogen and oxygen atoms in total. The third-order valence-corrected chi connectivity index (χ3v) is 5.65. The molecule has 33 heavy (non-hydrogen) atoms. The number of aromatic nitrogens is 5. The smallest absolute Gasteiger partial charge is 0.255 e. The highest BCUT2D eigenvalue weighted by Gasteiger charge is 2.18. The van der Waals surface area contributed by atoms with Crippen molar-refractivity contribution in [2.24, 2.45) is 5.92 Å². The van der Waals surface area contributed by atoms with Crippen molar-refractivity contribution in [1.82, 2.24) is 29.7 Å². The molecule has 0 aliphatic rings. The lowest BCUT2D eigenvalue weighted by Gasteiger charge is -2.12. The van der Waals surface area contributed by atoms with Crippen LogP contribution in [0, 0.1) is 11.7 Å². The van der Waals surface area contributed by atoms with E-state index in [4.69, 9.17) is 5.73 Å². The van der Waals surface area contributed by atoms with Gasteiger partial charge < -0.3 is 11.1 Å². The largest absolute Gasteiger partial charge is 0.366 e. The SMILES string of the molecule is CC[C@H](C)NC(=O)c1cc(-c2cnn(CC(C)Cc3ccc(F)cc3)c2)cn2nc(N)nc12. The maximum absolute atomic E-state index is 13.1. The van der Waals surface area contributed by atoms with E-state index in [0.29, 0.717) is 23.7 Å². The van der Waals surface area contributed by atoms with Gasteiger partial charge in [0.05, 0.1) is 11.8 Å². The number of amides is 1. The summed E-state index contributed by atoms with van der Waals surface area (Å²) in [7, 11) is 0. The van der Waals surface area contributed by atoms with Crippen molar-refractivity contribution in [2.45, 2.75) is 46.2 Å². The maximum Gasteiger partial charge on any atom is 0.255 e. The number of rotatable bonds is 8. The van der Waals surface area contributed by atoms with E-state index in [1.54, 1.807) is 18.5 Å². The number of nitrogens with two attached hydrogens (primary N) is 1. The fourth-order valence-corrected chi connectivity index (χ4v) is 3.75. The van der Waals surface area contributed by atoms with E-state index < -0.39 is 0 Å². The fourth-order valence-electron chi connectivity index (χ4n) is 3.75. The van der Waals surface area contributed by atoms with Crippen LogP contribution < -0.4 is 11.1 Å². The summed E-state index contributed by atoms with van der Waals surface area (Å²) >= 11 is 0. The van der Waals surface area contributed by atoms with Crippen LogP contribution >= 0.6 is 0 Å². The van der Waals surface area contributed by atoms with Crippen LogP contribution in [0.3, 0.4) is 0 Å². The van der Waals surface area contributed by atoms with Crippen LogP contribution in [0.4, 0.5) is 10.3 Å². The molecule has 1 amide bonds. The molecule has 0 radical (unpaired) electrons. The summed E-state index contributed by atoms with van der Waals surface area (Å²) in [6, 6.07) is 8.42. The summed E-state index contributed by atoms with van der Waals surface area (Å²) in [6.45, 7) is 6.80. The van der Waals surface area contributed by atoms with Crippen LogP contribution in [-0.2, 0) is 13.0 Å². The zero-order valence-corrected chi connectivity index (χ0v) is 19.0. The minimum Gasteiger partial charge on any atom is -0.366 e. The number of nitrogens with one attached hydrogen (secondary N) is 1. The second-order valence-corrected chi connectivity index (χ2v) is 8.55. The Morgan fingerprint density at radius 2 is 1.94 bits per heavy atom. The Morgan fingerprint density at radius 3 is 2.67 bits per heavy atom. The van der Waals surface area contributed by atoms with Crippen molar-refractivity contribution in [1.29, 1.82) is 0 Å². The monoisotopic (exact) mass is 449 g/mol. The lowest BCUT2D eigenvalue weighted by molar-refractivity contribution is 0.0940. The van der Waals surface area contributed by atoms with Crippen molar-refractivity contribution in [3.05, 3.63) is 65.9 Å². The van der Waals surface area contributed by atoms with Gasteiger partial charge in [0.2, 0.25) is 5.95 Å². The second kappa shape index (κ2) is 9.40. The Morgan fingerprint density at radius 1 is 1.18 bits per heavy atom. The van der Waals surface area contributed by atoms with Crippen LogP contribution in [-0.4, -0.2) is 36.3 Å². The lowest BCUT2D eigenvalue weighted by atomic mass is 10.0. The molecule has 3 N–H and O–H groups in total. The molecular weight excluding hydrogens is 421 g/mol. The molecule has 3 aromatic heterocycles. The lowest BCUT2D eigenvalue weighted by Crippen LogP contribution is -2.32.